The van der Waals surface area contributed by atoms with E-state index >= 15 is 0 Å². The van der Waals surface area contributed by atoms with Crippen LogP contribution in [0, 0.1) is 12.8 Å². The summed E-state index contributed by atoms with van der Waals surface area (Å²) >= 11 is 0. The summed E-state index contributed by atoms with van der Waals surface area (Å²) in [5.74, 6) is -2.35. The Balaban J connectivity index is 0.000000267. The fourth-order valence-corrected chi connectivity index (χ4v) is 3.18. The SMILES string of the molecule is CCC(=O)NCCC(F)(F)F.Cc1cnc2nc(C(N)C3CCC(F)(F)CC3)cn2n1. The van der Waals surface area contributed by atoms with Gasteiger partial charge in [-0.05, 0) is 25.7 Å². The zero-order valence-electron chi connectivity index (χ0n) is 17.4. The molecular formula is C19H27F5N6O. The van der Waals surface area contributed by atoms with Crippen molar-refractivity contribution >= 4 is 11.7 Å². The highest BCUT2D eigenvalue weighted by molar-refractivity contribution is 5.75. The molecule has 12 heteroatoms. The van der Waals surface area contributed by atoms with Gasteiger partial charge in [-0.15, -0.1) is 0 Å². The second kappa shape index (κ2) is 10.3. The average Bonchev–Trinajstić information content (AvgIpc) is 3.10. The molecule has 1 unspecified atom stereocenters. The summed E-state index contributed by atoms with van der Waals surface area (Å²) in [4.78, 5) is 18.9. The van der Waals surface area contributed by atoms with Gasteiger partial charge in [0.15, 0.2) is 0 Å². The van der Waals surface area contributed by atoms with E-state index in [1.807, 2.05) is 6.92 Å². The fourth-order valence-electron chi connectivity index (χ4n) is 3.18. The lowest BCUT2D eigenvalue weighted by molar-refractivity contribution is -0.135. The van der Waals surface area contributed by atoms with Crippen molar-refractivity contribution in [3.8, 4) is 0 Å². The van der Waals surface area contributed by atoms with Crippen LogP contribution in [0.2, 0.25) is 0 Å². The van der Waals surface area contributed by atoms with E-state index in [1.165, 1.54) is 0 Å². The molecule has 1 atom stereocenters. The van der Waals surface area contributed by atoms with Crippen LogP contribution in [0.1, 0.15) is 62.9 Å². The number of carbonyl (C=O) groups is 1. The maximum atomic E-state index is 13.2. The monoisotopic (exact) mass is 450 g/mol. The number of alkyl halides is 5. The summed E-state index contributed by atoms with van der Waals surface area (Å²) in [6.45, 7) is 3.11. The minimum absolute atomic E-state index is 0.0423. The van der Waals surface area contributed by atoms with Crippen LogP contribution in [0.5, 0.6) is 0 Å². The van der Waals surface area contributed by atoms with Crippen LogP contribution in [0.3, 0.4) is 0 Å². The Hall–Kier alpha value is -2.37. The minimum atomic E-state index is -4.18. The maximum Gasteiger partial charge on any atom is 0.390 e. The third kappa shape index (κ3) is 8.00. The van der Waals surface area contributed by atoms with Gasteiger partial charge in [0.05, 0.1) is 36.2 Å². The summed E-state index contributed by atoms with van der Waals surface area (Å²) in [7, 11) is 0. The largest absolute Gasteiger partial charge is 0.390 e. The molecule has 0 spiro atoms. The Morgan fingerprint density at radius 1 is 1.35 bits per heavy atom. The van der Waals surface area contributed by atoms with Crippen molar-refractivity contribution in [3.63, 3.8) is 0 Å². The van der Waals surface area contributed by atoms with Crippen LogP contribution < -0.4 is 11.1 Å². The van der Waals surface area contributed by atoms with Gasteiger partial charge < -0.3 is 11.1 Å². The number of carbonyl (C=O) groups excluding carboxylic acids is 1. The first-order valence-electron chi connectivity index (χ1n) is 10.1. The van der Waals surface area contributed by atoms with Crippen molar-refractivity contribution in [2.24, 2.45) is 11.7 Å². The molecule has 1 aliphatic carbocycles. The summed E-state index contributed by atoms with van der Waals surface area (Å²) < 4.78 is 62.3. The Kier molecular flexibility index (Phi) is 8.27. The molecule has 1 amide bonds. The third-order valence-corrected chi connectivity index (χ3v) is 4.98. The van der Waals surface area contributed by atoms with Crippen LogP contribution in [0.15, 0.2) is 12.4 Å². The van der Waals surface area contributed by atoms with Gasteiger partial charge >= 0.3 is 6.18 Å². The van der Waals surface area contributed by atoms with Crippen LogP contribution in [-0.2, 0) is 4.79 Å². The van der Waals surface area contributed by atoms with Crippen molar-refractivity contribution in [1.29, 1.82) is 0 Å². The second-order valence-electron chi connectivity index (χ2n) is 7.60. The zero-order valence-corrected chi connectivity index (χ0v) is 17.4. The van der Waals surface area contributed by atoms with Crippen molar-refractivity contribution in [3.05, 3.63) is 23.8 Å². The second-order valence-corrected chi connectivity index (χ2v) is 7.60. The first kappa shape index (κ1) is 24.9. The number of hydrogen-bond acceptors (Lipinski definition) is 5. The molecule has 0 bridgehead atoms. The fraction of sp³-hybridized carbons (Fsp3) is 0.684. The van der Waals surface area contributed by atoms with Gasteiger partial charge in [0.2, 0.25) is 11.8 Å². The summed E-state index contributed by atoms with van der Waals surface area (Å²) in [5.41, 5.74) is 7.64. The van der Waals surface area contributed by atoms with Gasteiger partial charge in [-0.3, -0.25) is 4.79 Å². The quantitative estimate of drug-likeness (QED) is 0.677. The maximum absolute atomic E-state index is 13.2. The number of halogens is 5. The Labute approximate surface area is 176 Å². The number of hydrogen-bond donors (Lipinski definition) is 2. The number of fused-ring (bicyclic) bond motifs is 1. The van der Waals surface area contributed by atoms with Gasteiger partial charge in [0, 0.05) is 25.8 Å². The van der Waals surface area contributed by atoms with Gasteiger partial charge in [-0.25, -0.2) is 23.3 Å². The summed E-state index contributed by atoms with van der Waals surface area (Å²) in [6, 6.07) is -0.338. The van der Waals surface area contributed by atoms with E-state index in [9.17, 15) is 26.7 Å². The number of rotatable bonds is 5. The number of aryl methyl sites for hydroxylation is 1. The predicted molar refractivity (Wildman–Crippen MR) is 103 cm³/mol. The lowest BCUT2D eigenvalue weighted by Crippen LogP contribution is -2.31. The molecule has 0 radical (unpaired) electrons. The lowest BCUT2D eigenvalue weighted by atomic mass is 9.81. The standard InChI is InChI=1S/C13H17F2N5.C6H10F3NO/c1-8-6-17-12-18-10(7-20(12)19-8)11(16)9-2-4-13(14,15)5-3-9;1-2-5(11)10-4-3-6(7,8)9/h6-7,9,11H,2-5,16H2,1H3;2-4H2,1H3,(H,10,11). The topological polar surface area (TPSA) is 98.2 Å². The first-order valence-corrected chi connectivity index (χ1v) is 10.1. The molecule has 0 aromatic carbocycles. The molecule has 1 saturated carbocycles. The van der Waals surface area contributed by atoms with E-state index in [2.05, 4.69) is 20.4 Å². The average molecular weight is 450 g/mol. The van der Waals surface area contributed by atoms with E-state index in [1.54, 1.807) is 23.8 Å². The Morgan fingerprint density at radius 3 is 2.58 bits per heavy atom. The summed E-state index contributed by atoms with van der Waals surface area (Å²) in [6.07, 6.45) is -0.851. The molecule has 31 heavy (non-hydrogen) atoms. The smallest absolute Gasteiger partial charge is 0.356 e. The lowest BCUT2D eigenvalue weighted by Gasteiger charge is -2.31. The minimum Gasteiger partial charge on any atom is -0.356 e. The molecule has 1 fully saturated rings. The molecular weight excluding hydrogens is 423 g/mol. The number of imidazole rings is 1. The predicted octanol–water partition coefficient (Wildman–Crippen LogP) is 3.72. The third-order valence-electron chi connectivity index (χ3n) is 4.98. The first-order chi connectivity index (χ1) is 14.4. The summed E-state index contributed by atoms with van der Waals surface area (Å²) in [5, 5.41) is 6.39. The van der Waals surface area contributed by atoms with E-state index in [0.717, 1.165) is 5.69 Å². The number of nitrogens with one attached hydrogen (secondary N) is 1. The molecule has 1 aliphatic rings. The van der Waals surface area contributed by atoms with Crippen LogP contribution in [0.25, 0.3) is 5.78 Å². The number of nitrogens with two attached hydrogens (primary N) is 1. The highest BCUT2D eigenvalue weighted by atomic mass is 19.4. The number of aromatic nitrogens is 4. The molecule has 2 aromatic heterocycles. The Bertz CT molecular complexity index is 859. The number of nitrogens with zero attached hydrogens (tertiary/aromatic N) is 4. The van der Waals surface area contributed by atoms with E-state index < -0.39 is 18.5 Å². The van der Waals surface area contributed by atoms with E-state index in [4.69, 9.17) is 5.73 Å². The van der Waals surface area contributed by atoms with Crippen molar-refractivity contribution in [2.75, 3.05) is 6.54 Å². The van der Waals surface area contributed by atoms with Gasteiger partial charge in [-0.1, -0.05) is 6.92 Å². The van der Waals surface area contributed by atoms with Crippen molar-refractivity contribution in [2.45, 2.75) is 70.5 Å². The molecule has 174 valence electrons. The molecule has 0 saturated heterocycles. The molecule has 3 rings (SSSR count). The normalized spacial score (nSPS) is 17.7. The van der Waals surface area contributed by atoms with E-state index in [-0.39, 0.29) is 43.7 Å². The Morgan fingerprint density at radius 2 is 2.00 bits per heavy atom. The zero-order chi connectivity index (χ0) is 23.2. The van der Waals surface area contributed by atoms with Crippen molar-refractivity contribution in [1.82, 2.24) is 24.9 Å². The van der Waals surface area contributed by atoms with Crippen LogP contribution >= 0.6 is 0 Å². The molecule has 3 N–H and O–H groups in total. The highest BCUT2D eigenvalue weighted by Gasteiger charge is 2.37. The van der Waals surface area contributed by atoms with E-state index in [0.29, 0.717) is 24.3 Å². The highest BCUT2D eigenvalue weighted by Crippen LogP contribution is 2.40. The van der Waals surface area contributed by atoms with Gasteiger partial charge in [0.1, 0.15) is 0 Å². The van der Waals surface area contributed by atoms with Crippen LogP contribution in [-0.4, -0.2) is 44.1 Å². The molecule has 2 heterocycles. The van der Waals surface area contributed by atoms with Crippen molar-refractivity contribution < 1.29 is 26.7 Å². The van der Waals surface area contributed by atoms with Crippen LogP contribution in [0.4, 0.5) is 22.0 Å². The number of amides is 1. The molecule has 2 aromatic rings. The molecule has 7 nitrogen and oxygen atoms in total. The van der Waals surface area contributed by atoms with Gasteiger partial charge in [-0.2, -0.15) is 18.3 Å². The molecule has 0 aliphatic heterocycles. The van der Waals surface area contributed by atoms with Gasteiger partial charge in [0.25, 0.3) is 5.78 Å².